The van der Waals surface area contributed by atoms with E-state index in [1.54, 1.807) is 7.11 Å². The number of rotatable bonds is 3. The van der Waals surface area contributed by atoms with Crippen LogP contribution in [-0.2, 0) is 9.53 Å². The van der Waals surface area contributed by atoms with Gasteiger partial charge in [0.25, 0.3) is 0 Å². The number of ether oxygens (including phenoxy) is 3. The molecule has 21 heavy (non-hydrogen) atoms. The summed E-state index contributed by atoms with van der Waals surface area (Å²) in [6.07, 6.45) is -0.374. The van der Waals surface area contributed by atoms with Gasteiger partial charge in [0, 0.05) is 5.56 Å². The molecular weight excluding hydrogens is 268 g/mol. The zero-order valence-electron chi connectivity index (χ0n) is 11.9. The van der Waals surface area contributed by atoms with Gasteiger partial charge in [0.05, 0.1) is 14.2 Å². The maximum absolute atomic E-state index is 12.2. The summed E-state index contributed by atoms with van der Waals surface area (Å²) in [5.74, 6) is 0.762. The zero-order chi connectivity index (χ0) is 14.8. The van der Waals surface area contributed by atoms with Crippen LogP contribution in [0.4, 0.5) is 0 Å². The van der Waals surface area contributed by atoms with Crippen molar-refractivity contribution in [2.24, 2.45) is 0 Å². The monoisotopic (exact) mass is 284 g/mol. The third-order valence-electron chi connectivity index (χ3n) is 3.71. The van der Waals surface area contributed by atoms with Crippen molar-refractivity contribution in [3.63, 3.8) is 0 Å². The van der Waals surface area contributed by atoms with Gasteiger partial charge in [0.1, 0.15) is 23.5 Å². The molecule has 0 radical (unpaired) electrons. The molecule has 1 heterocycles. The topological polar surface area (TPSA) is 44.8 Å². The quantitative estimate of drug-likeness (QED) is 0.812. The van der Waals surface area contributed by atoms with Gasteiger partial charge in [-0.2, -0.15) is 0 Å². The van der Waals surface area contributed by atoms with Gasteiger partial charge >= 0.3 is 5.97 Å². The minimum absolute atomic E-state index is 0.291. The van der Waals surface area contributed by atoms with E-state index in [0.717, 1.165) is 22.6 Å². The van der Waals surface area contributed by atoms with E-state index in [-0.39, 0.29) is 12.1 Å². The molecule has 4 nitrogen and oxygen atoms in total. The Bertz CT molecular complexity index is 648. The molecule has 108 valence electrons. The summed E-state index contributed by atoms with van der Waals surface area (Å²) in [6.45, 7) is 0. The second-order valence-electron chi connectivity index (χ2n) is 4.85. The molecule has 1 aliphatic heterocycles. The highest BCUT2D eigenvalue weighted by molar-refractivity contribution is 5.81. The first-order valence-corrected chi connectivity index (χ1v) is 6.72. The van der Waals surface area contributed by atoms with Crippen LogP contribution in [-0.4, -0.2) is 20.2 Å². The van der Waals surface area contributed by atoms with Crippen molar-refractivity contribution in [3.8, 4) is 11.5 Å². The minimum Gasteiger partial charge on any atom is -0.497 e. The molecule has 0 aromatic heterocycles. The minimum atomic E-state index is -0.445. The molecule has 0 aliphatic carbocycles. The first-order chi connectivity index (χ1) is 10.2. The molecule has 0 unspecified atom stereocenters. The molecule has 2 aromatic rings. The summed E-state index contributed by atoms with van der Waals surface area (Å²) in [7, 11) is 3.02. The Morgan fingerprint density at radius 1 is 1.05 bits per heavy atom. The fourth-order valence-electron chi connectivity index (χ4n) is 2.64. The highest BCUT2D eigenvalue weighted by Crippen LogP contribution is 2.46. The molecular formula is C17H16O4. The molecule has 0 N–H and O–H groups in total. The highest BCUT2D eigenvalue weighted by Gasteiger charge is 2.41. The SMILES string of the molecule is COC(=O)[C@@H]1c2ccccc2O[C@H]1c1ccc(OC)cc1. The van der Waals surface area contributed by atoms with Crippen LogP contribution < -0.4 is 9.47 Å². The number of hydrogen-bond donors (Lipinski definition) is 0. The fourth-order valence-corrected chi connectivity index (χ4v) is 2.64. The average Bonchev–Trinajstić information content (AvgIpc) is 2.93. The summed E-state index contributed by atoms with van der Waals surface area (Å²) in [5, 5.41) is 0. The molecule has 4 heteroatoms. The predicted molar refractivity (Wildman–Crippen MR) is 77.6 cm³/mol. The lowest BCUT2D eigenvalue weighted by molar-refractivity contribution is -0.144. The molecule has 1 aliphatic rings. The van der Waals surface area contributed by atoms with Crippen molar-refractivity contribution in [1.82, 2.24) is 0 Å². The van der Waals surface area contributed by atoms with Crippen molar-refractivity contribution in [1.29, 1.82) is 0 Å². The third kappa shape index (κ3) is 2.33. The number of benzene rings is 2. The van der Waals surface area contributed by atoms with Gasteiger partial charge < -0.3 is 14.2 Å². The van der Waals surface area contributed by atoms with E-state index < -0.39 is 5.92 Å². The largest absolute Gasteiger partial charge is 0.497 e. The van der Waals surface area contributed by atoms with E-state index in [1.807, 2.05) is 48.5 Å². The van der Waals surface area contributed by atoms with Crippen LogP contribution in [0.5, 0.6) is 11.5 Å². The van der Waals surface area contributed by atoms with Gasteiger partial charge in [-0.3, -0.25) is 4.79 Å². The molecule has 0 amide bonds. The molecule has 2 aromatic carbocycles. The van der Waals surface area contributed by atoms with Crippen molar-refractivity contribution in [3.05, 3.63) is 59.7 Å². The van der Waals surface area contributed by atoms with Gasteiger partial charge in [-0.25, -0.2) is 0 Å². The lowest BCUT2D eigenvalue weighted by atomic mass is 9.91. The zero-order valence-corrected chi connectivity index (χ0v) is 11.9. The Hall–Kier alpha value is -2.49. The fraction of sp³-hybridized carbons (Fsp3) is 0.235. The van der Waals surface area contributed by atoms with Gasteiger partial charge in [-0.15, -0.1) is 0 Å². The van der Waals surface area contributed by atoms with Crippen molar-refractivity contribution >= 4 is 5.97 Å². The van der Waals surface area contributed by atoms with Crippen LogP contribution >= 0.6 is 0 Å². The Kier molecular flexibility index (Phi) is 3.52. The highest BCUT2D eigenvalue weighted by atomic mass is 16.5. The van der Waals surface area contributed by atoms with Crippen LogP contribution in [0, 0.1) is 0 Å². The van der Waals surface area contributed by atoms with Crippen LogP contribution in [0.15, 0.2) is 48.5 Å². The molecule has 0 saturated carbocycles. The number of hydrogen-bond acceptors (Lipinski definition) is 4. The number of fused-ring (bicyclic) bond motifs is 1. The average molecular weight is 284 g/mol. The molecule has 0 fully saturated rings. The van der Waals surface area contributed by atoms with Crippen LogP contribution in [0.25, 0.3) is 0 Å². The molecule has 2 atom stereocenters. The van der Waals surface area contributed by atoms with E-state index in [4.69, 9.17) is 14.2 Å². The number of carbonyl (C=O) groups excluding carboxylic acids is 1. The summed E-state index contributed by atoms with van der Waals surface area (Å²) < 4.78 is 16.1. The number of esters is 1. The Labute approximate surface area is 123 Å². The first-order valence-electron chi connectivity index (χ1n) is 6.72. The lowest BCUT2D eigenvalue weighted by Crippen LogP contribution is -2.20. The first kappa shape index (κ1) is 13.5. The Balaban J connectivity index is 1.99. The van der Waals surface area contributed by atoms with Crippen molar-refractivity contribution in [2.45, 2.75) is 12.0 Å². The normalized spacial score (nSPS) is 19.5. The Morgan fingerprint density at radius 3 is 2.43 bits per heavy atom. The van der Waals surface area contributed by atoms with E-state index in [2.05, 4.69) is 0 Å². The maximum Gasteiger partial charge on any atom is 0.317 e. The number of para-hydroxylation sites is 1. The van der Waals surface area contributed by atoms with E-state index in [1.165, 1.54) is 7.11 Å². The van der Waals surface area contributed by atoms with Crippen LogP contribution in [0.1, 0.15) is 23.1 Å². The second-order valence-corrected chi connectivity index (χ2v) is 4.85. The molecule has 0 spiro atoms. The summed E-state index contributed by atoms with van der Waals surface area (Å²) in [5.41, 5.74) is 1.78. The van der Waals surface area contributed by atoms with Gasteiger partial charge in [-0.1, -0.05) is 30.3 Å². The van der Waals surface area contributed by atoms with E-state index in [9.17, 15) is 4.79 Å². The Morgan fingerprint density at radius 2 is 1.76 bits per heavy atom. The van der Waals surface area contributed by atoms with Crippen molar-refractivity contribution in [2.75, 3.05) is 14.2 Å². The molecule has 3 rings (SSSR count). The predicted octanol–water partition coefficient (Wildman–Crippen LogP) is 3.09. The molecule has 0 saturated heterocycles. The van der Waals surface area contributed by atoms with Crippen molar-refractivity contribution < 1.29 is 19.0 Å². The lowest BCUT2D eigenvalue weighted by Gasteiger charge is -2.17. The van der Waals surface area contributed by atoms with Gasteiger partial charge in [-0.05, 0) is 23.8 Å². The summed E-state index contributed by atoms with van der Waals surface area (Å²) >= 11 is 0. The summed E-state index contributed by atoms with van der Waals surface area (Å²) in [6, 6.07) is 15.1. The number of carbonyl (C=O) groups is 1. The van der Waals surface area contributed by atoms with Gasteiger partial charge in [0.15, 0.2) is 0 Å². The second kappa shape index (κ2) is 5.48. The smallest absolute Gasteiger partial charge is 0.317 e. The maximum atomic E-state index is 12.2. The van der Waals surface area contributed by atoms with E-state index in [0.29, 0.717) is 0 Å². The summed E-state index contributed by atoms with van der Waals surface area (Å²) in [4.78, 5) is 12.2. The van der Waals surface area contributed by atoms with Crippen LogP contribution in [0.3, 0.4) is 0 Å². The van der Waals surface area contributed by atoms with E-state index >= 15 is 0 Å². The number of methoxy groups -OCH3 is 2. The molecule has 0 bridgehead atoms. The third-order valence-corrected chi connectivity index (χ3v) is 3.71. The van der Waals surface area contributed by atoms with Gasteiger partial charge in [0.2, 0.25) is 0 Å². The van der Waals surface area contributed by atoms with Crippen LogP contribution in [0.2, 0.25) is 0 Å². The standard InChI is InChI=1S/C17H16O4/c1-19-12-9-7-11(8-10-12)16-15(17(18)20-2)13-5-3-4-6-14(13)21-16/h3-10,15-16H,1-2H3/t15-,16+/m1/s1.